The summed E-state index contributed by atoms with van der Waals surface area (Å²) in [4.78, 5) is 85.6. The minimum atomic E-state index is -1.03. The van der Waals surface area contributed by atoms with Crippen molar-refractivity contribution in [3.63, 3.8) is 0 Å². The fraction of sp³-hybridized carbons (Fsp3) is 0.532. The summed E-state index contributed by atoms with van der Waals surface area (Å²) >= 11 is 0. The molecule has 3 aliphatic rings. The van der Waals surface area contributed by atoms with Gasteiger partial charge in [0.25, 0.3) is 0 Å². The standard InChI is InChI=1S/C62H83FN14O8/c1-41(2)58(72-57(78)20-26-83-28-30-85-31-29-84-27-23-69-73-65)61(81)71-54(9-5-21-67-62(64)82)60(80)70-47-14-12-44(13-15-47)36-75-25-7-10-55(75)51-34-56-52(33-53(51)63)59(79)46(39-77(56)48-17-18-48)38-76(37-45-19-22-66-43(4)32-45)50-8-6-24-74(40-50)49-16-11-42(3)68-35-49/h11-16,19,22,32-35,39,41,48,50,54-55,58H,5-10,17-18,20-21,23-31,36-38,40H2,1-4H3,(H,70,80)(H,71,81)(H,72,78)(H3,64,67,82)/t50-,54-,55?,58-/m0/s1. The third-order valence-corrected chi connectivity index (χ3v) is 15.9. The second-order valence-corrected chi connectivity index (χ2v) is 22.8. The lowest BCUT2D eigenvalue weighted by Crippen LogP contribution is -2.54. The Bertz CT molecular complexity index is 3160. The van der Waals surface area contributed by atoms with Crippen molar-refractivity contribution in [3.05, 3.63) is 139 Å². The number of anilines is 2. The van der Waals surface area contributed by atoms with Crippen molar-refractivity contribution in [1.82, 2.24) is 40.3 Å². The maximum atomic E-state index is 16.8. The molecule has 5 aromatic rings. The Balaban J connectivity index is 0.901. The molecule has 8 rings (SSSR count). The molecule has 2 saturated heterocycles. The summed E-state index contributed by atoms with van der Waals surface area (Å²) in [6.45, 7) is 13.6. The van der Waals surface area contributed by atoms with Crippen LogP contribution >= 0.6 is 0 Å². The molecule has 5 amide bonds. The number of amides is 5. The van der Waals surface area contributed by atoms with Gasteiger partial charge in [-0.3, -0.25) is 38.9 Å². The summed E-state index contributed by atoms with van der Waals surface area (Å²) in [5.74, 6) is -2.16. The number of fused-ring (bicyclic) bond motifs is 1. The van der Waals surface area contributed by atoms with Gasteiger partial charge in [0.15, 0.2) is 5.43 Å². The summed E-state index contributed by atoms with van der Waals surface area (Å²) in [5, 5.41) is 14.8. The van der Waals surface area contributed by atoms with Gasteiger partial charge < -0.3 is 50.7 Å². The molecular formula is C62H83FN14O8. The van der Waals surface area contributed by atoms with E-state index in [4.69, 9.17) is 25.5 Å². The van der Waals surface area contributed by atoms with Crippen LogP contribution in [0.2, 0.25) is 0 Å². The first kappa shape index (κ1) is 63.5. The number of primary amides is 1. The first-order valence-corrected chi connectivity index (χ1v) is 29.8. The third kappa shape index (κ3) is 18.7. The third-order valence-electron chi connectivity index (χ3n) is 15.9. The Morgan fingerprint density at radius 3 is 2.32 bits per heavy atom. The Morgan fingerprint density at radius 1 is 0.859 bits per heavy atom. The van der Waals surface area contributed by atoms with Crippen LogP contribution in [-0.4, -0.2) is 139 Å². The largest absolute Gasteiger partial charge is 0.379 e. The fourth-order valence-electron chi connectivity index (χ4n) is 11.3. The highest BCUT2D eigenvalue weighted by molar-refractivity contribution is 5.98. The van der Waals surface area contributed by atoms with Gasteiger partial charge in [0.2, 0.25) is 17.7 Å². The first-order chi connectivity index (χ1) is 41.1. The molecule has 2 aromatic carbocycles. The summed E-state index contributed by atoms with van der Waals surface area (Å²) in [6.07, 6.45) is 11.9. The highest BCUT2D eigenvalue weighted by Crippen LogP contribution is 2.40. The van der Waals surface area contributed by atoms with Crippen LogP contribution in [0.3, 0.4) is 0 Å². The Morgan fingerprint density at radius 2 is 1.61 bits per heavy atom. The molecule has 1 unspecified atom stereocenters. The summed E-state index contributed by atoms with van der Waals surface area (Å²) in [6, 6.07) is 16.6. The number of urea groups is 1. The van der Waals surface area contributed by atoms with E-state index in [0.29, 0.717) is 68.1 Å². The van der Waals surface area contributed by atoms with Gasteiger partial charge in [0.05, 0.1) is 57.0 Å². The molecule has 1 aliphatic carbocycles. The smallest absolute Gasteiger partial charge is 0.312 e. The molecular weight excluding hydrogens is 1090 g/mol. The van der Waals surface area contributed by atoms with E-state index in [9.17, 15) is 24.0 Å². The fourth-order valence-corrected chi connectivity index (χ4v) is 11.3. The van der Waals surface area contributed by atoms with Crippen molar-refractivity contribution in [2.75, 3.05) is 82.6 Å². The number of carbonyl (C=O) groups excluding carboxylic acids is 4. The number of hydrogen-bond donors (Lipinski definition) is 5. The highest BCUT2D eigenvalue weighted by atomic mass is 19.1. The summed E-state index contributed by atoms with van der Waals surface area (Å²) in [7, 11) is 0. The Kier molecular flexibility index (Phi) is 23.6. The molecule has 22 nitrogen and oxygen atoms in total. The van der Waals surface area contributed by atoms with Gasteiger partial charge >= 0.3 is 6.03 Å². The minimum absolute atomic E-state index is 0.00958. The average Bonchev–Trinajstić information content (AvgIpc) is 2.88. The van der Waals surface area contributed by atoms with E-state index < -0.39 is 41.7 Å². The van der Waals surface area contributed by atoms with Crippen LogP contribution in [0.25, 0.3) is 21.3 Å². The number of aromatic nitrogens is 3. The molecule has 2 aliphatic heterocycles. The van der Waals surface area contributed by atoms with E-state index >= 15 is 4.39 Å². The number of likely N-dealkylation sites (tertiary alicyclic amines) is 1. The van der Waals surface area contributed by atoms with Crippen LogP contribution in [0.1, 0.15) is 117 Å². The number of aryl methyl sites for hydroxylation is 2. The molecule has 0 radical (unpaired) electrons. The number of nitrogens with zero attached hydrogens (tertiary/aromatic N) is 9. The van der Waals surface area contributed by atoms with Crippen molar-refractivity contribution in [3.8, 4) is 0 Å². The lowest BCUT2D eigenvalue weighted by Gasteiger charge is -2.40. The number of benzene rings is 2. The molecule has 6 N–H and O–H groups in total. The van der Waals surface area contributed by atoms with Crippen molar-refractivity contribution < 1.29 is 37.8 Å². The van der Waals surface area contributed by atoms with Crippen LogP contribution in [0.5, 0.6) is 0 Å². The van der Waals surface area contributed by atoms with Gasteiger partial charge in [-0.1, -0.05) is 31.1 Å². The van der Waals surface area contributed by atoms with E-state index in [-0.39, 0.29) is 75.2 Å². The summed E-state index contributed by atoms with van der Waals surface area (Å²) in [5.41, 5.74) is 21.0. The maximum absolute atomic E-state index is 16.8. The molecule has 1 saturated carbocycles. The number of pyridine rings is 3. The maximum Gasteiger partial charge on any atom is 0.312 e. The van der Waals surface area contributed by atoms with Gasteiger partial charge in [-0.15, -0.1) is 0 Å². The lowest BCUT2D eigenvalue weighted by molar-refractivity contribution is -0.132. The number of halogens is 1. The predicted molar refractivity (Wildman–Crippen MR) is 323 cm³/mol. The van der Waals surface area contributed by atoms with Crippen LogP contribution < -0.4 is 37.3 Å². The van der Waals surface area contributed by atoms with E-state index in [2.05, 4.69) is 72.7 Å². The summed E-state index contributed by atoms with van der Waals surface area (Å²) < 4.78 is 35.3. The molecule has 0 bridgehead atoms. The first-order valence-electron chi connectivity index (χ1n) is 29.8. The number of nitrogens with one attached hydrogen (secondary N) is 4. The van der Waals surface area contributed by atoms with E-state index in [1.165, 1.54) is 6.07 Å². The van der Waals surface area contributed by atoms with Crippen molar-refractivity contribution >= 4 is 46.0 Å². The Hall–Kier alpha value is -7.53. The van der Waals surface area contributed by atoms with Crippen LogP contribution in [-0.2, 0) is 48.2 Å². The van der Waals surface area contributed by atoms with Crippen molar-refractivity contribution in [2.24, 2.45) is 16.8 Å². The molecule has 5 heterocycles. The second kappa shape index (κ2) is 31.6. The number of piperidine rings is 1. The van der Waals surface area contributed by atoms with Gasteiger partial charge in [-0.2, -0.15) is 0 Å². The van der Waals surface area contributed by atoms with Crippen molar-refractivity contribution in [1.29, 1.82) is 0 Å². The van der Waals surface area contributed by atoms with E-state index in [0.717, 1.165) is 91.9 Å². The van der Waals surface area contributed by atoms with Gasteiger partial charge in [0.1, 0.15) is 17.9 Å². The SMILES string of the molecule is Cc1ccc(N2CCC[C@H](N(Cc3ccnc(C)c3)Cc3cn(C4CC4)c4cc(C5CCCN5Cc5ccc(NC(=O)[C@H](CCCNC(N)=O)NC(=O)[C@@H](NC(=O)CCOCCOCCOCCN=[N+]=[N-])C(C)C)cc5)c(F)cc4c3=O)C2)cn1. The molecule has 3 fully saturated rings. The number of rotatable bonds is 32. The molecule has 456 valence electrons. The van der Waals surface area contributed by atoms with E-state index in [1.807, 2.05) is 62.8 Å². The monoisotopic (exact) mass is 1170 g/mol. The average molecular weight is 1170 g/mol. The number of hydrogen-bond acceptors (Lipinski definition) is 14. The quantitative estimate of drug-likeness (QED) is 0.0120. The second-order valence-electron chi connectivity index (χ2n) is 22.8. The van der Waals surface area contributed by atoms with Gasteiger partial charge in [0, 0.05) is 121 Å². The zero-order chi connectivity index (χ0) is 60.2. The molecule has 3 aromatic heterocycles. The van der Waals surface area contributed by atoms with Gasteiger partial charge in [-0.05, 0) is 143 Å². The zero-order valence-electron chi connectivity index (χ0n) is 49.5. The van der Waals surface area contributed by atoms with Crippen LogP contribution in [0.15, 0.2) is 89.2 Å². The topological polar surface area (TPSA) is 276 Å². The molecule has 0 spiro atoms. The minimum Gasteiger partial charge on any atom is -0.379 e. The predicted octanol–water partition coefficient (Wildman–Crippen LogP) is 7.65. The number of nitrogens with two attached hydrogens (primary N) is 1. The highest BCUT2D eigenvalue weighted by Gasteiger charge is 2.34. The van der Waals surface area contributed by atoms with Crippen molar-refractivity contribution in [2.45, 2.75) is 135 Å². The number of carbonyl (C=O) groups is 4. The van der Waals surface area contributed by atoms with Gasteiger partial charge in [-0.25, -0.2) is 9.18 Å². The number of ether oxygens (including phenoxy) is 3. The molecule has 85 heavy (non-hydrogen) atoms. The van der Waals surface area contributed by atoms with Crippen LogP contribution in [0.4, 0.5) is 20.6 Å². The zero-order valence-corrected chi connectivity index (χ0v) is 49.5. The lowest BCUT2D eigenvalue weighted by atomic mass is 9.99. The Labute approximate surface area is 496 Å². The molecule has 23 heteroatoms. The number of azide groups is 1. The normalized spacial score (nSPS) is 17.0. The molecule has 4 atom stereocenters. The van der Waals surface area contributed by atoms with Crippen LogP contribution in [0, 0.1) is 25.6 Å². The van der Waals surface area contributed by atoms with E-state index in [1.54, 1.807) is 26.0 Å².